The van der Waals surface area contributed by atoms with Gasteiger partial charge >= 0.3 is 14.2 Å². The molecule has 2 aliphatic rings. The summed E-state index contributed by atoms with van der Waals surface area (Å²) >= 11 is 0. The summed E-state index contributed by atoms with van der Waals surface area (Å²) < 4.78 is 23.3. The van der Waals surface area contributed by atoms with Crippen LogP contribution in [0.1, 0.15) is 55.4 Å². The summed E-state index contributed by atoms with van der Waals surface area (Å²) in [6.45, 7) is 16.0. The van der Waals surface area contributed by atoms with Crippen molar-refractivity contribution in [1.29, 1.82) is 0 Å². The molecule has 2 heterocycles. The summed E-state index contributed by atoms with van der Waals surface area (Å²) in [5.41, 5.74) is -1.49. The predicted molar refractivity (Wildman–Crippen MR) is 79.9 cm³/mol. The maximum absolute atomic E-state index is 5.82. The van der Waals surface area contributed by atoms with Gasteiger partial charge in [0.05, 0.1) is 22.4 Å². The highest BCUT2D eigenvalue weighted by Crippen LogP contribution is 2.37. The molecule has 0 unspecified atom stereocenters. The molecule has 2 rings (SSSR count). The second-order valence-corrected chi connectivity index (χ2v) is 7.47. The van der Waals surface area contributed by atoms with Crippen LogP contribution in [-0.4, -0.2) is 36.6 Å². The van der Waals surface area contributed by atoms with E-state index in [4.69, 9.17) is 18.6 Å². The Morgan fingerprint density at radius 3 is 0.900 bits per heavy atom. The van der Waals surface area contributed by atoms with Gasteiger partial charge in [0.15, 0.2) is 0 Å². The molecule has 0 aromatic rings. The van der Waals surface area contributed by atoms with Crippen molar-refractivity contribution in [2.45, 2.75) is 77.8 Å². The molecule has 0 amide bonds. The van der Waals surface area contributed by atoms with Crippen LogP contribution in [0.3, 0.4) is 0 Å². The zero-order chi connectivity index (χ0) is 15.4. The van der Waals surface area contributed by atoms with E-state index in [-0.39, 0.29) is 22.4 Å². The molecular weight excluding hydrogens is 254 g/mol. The SMILES string of the molecule is CC1(C)OB(C#CB2OC(C)(C)C(C)(C)O2)OC1(C)C. The molecule has 0 aromatic carbocycles. The van der Waals surface area contributed by atoms with Gasteiger partial charge in [-0.25, -0.2) is 0 Å². The Bertz CT molecular complexity index is 388. The molecular formula is C14H24B2O4. The van der Waals surface area contributed by atoms with Crippen molar-refractivity contribution in [3.63, 3.8) is 0 Å². The smallest absolute Gasteiger partial charge is 0.392 e. The van der Waals surface area contributed by atoms with Crippen LogP contribution < -0.4 is 0 Å². The molecule has 2 saturated heterocycles. The van der Waals surface area contributed by atoms with Gasteiger partial charge in [0.2, 0.25) is 0 Å². The highest BCUT2D eigenvalue weighted by molar-refractivity contribution is 6.62. The van der Waals surface area contributed by atoms with Gasteiger partial charge in [-0.3, -0.25) is 0 Å². The lowest BCUT2D eigenvalue weighted by Gasteiger charge is -2.32. The fourth-order valence-electron chi connectivity index (χ4n) is 1.94. The zero-order valence-corrected chi connectivity index (χ0v) is 13.8. The van der Waals surface area contributed by atoms with Crippen LogP contribution in [0, 0.1) is 11.6 Å². The molecule has 2 aliphatic heterocycles. The maximum Gasteiger partial charge on any atom is 0.550 e. The van der Waals surface area contributed by atoms with Crippen molar-refractivity contribution < 1.29 is 18.6 Å². The van der Waals surface area contributed by atoms with E-state index in [0.717, 1.165) is 0 Å². The van der Waals surface area contributed by atoms with Gasteiger partial charge in [-0.15, -0.1) is 0 Å². The lowest BCUT2D eigenvalue weighted by atomic mass is 9.84. The van der Waals surface area contributed by atoms with E-state index in [1.807, 2.05) is 55.4 Å². The average molecular weight is 278 g/mol. The van der Waals surface area contributed by atoms with Crippen molar-refractivity contribution in [3.8, 4) is 11.6 Å². The van der Waals surface area contributed by atoms with Crippen molar-refractivity contribution in [2.75, 3.05) is 0 Å². The molecule has 0 aromatic heterocycles. The van der Waals surface area contributed by atoms with Gasteiger partial charge in [-0.1, -0.05) is 11.6 Å². The first kappa shape index (κ1) is 15.9. The molecule has 0 N–H and O–H groups in total. The minimum Gasteiger partial charge on any atom is -0.392 e. The Morgan fingerprint density at radius 2 is 0.700 bits per heavy atom. The van der Waals surface area contributed by atoms with E-state index in [1.54, 1.807) is 0 Å². The molecule has 0 radical (unpaired) electrons. The average Bonchev–Trinajstić information content (AvgIpc) is 2.55. The van der Waals surface area contributed by atoms with Crippen LogP contribution in [-0.2, 0) is 18.6 Å². The lowest BCUT2D eigenvalue weighted by molar-refractivity contribution is 0.00578. The first-order valence-electron chi connectivity index (χ1n) is 7.09. The molecule has 0 spiro atoms. The summed E-state index contributed by atoms with van der Waals surface area (Å²) in [4.78, 5) is 0. The van der Waals surface area contributed by atoms with Gasteiger partial charge in [-0.2, -0.15) is 0 Å². The van der Waals surface area contributed by atoms with Gasteiger partial charge in [0.1, 0.15) is 0 Å². The largest absolute Gasteiger partial charge is 0.550 e. The Balaban J connectivity index is 2.05. The van der Waals surface area contributed by atoms with Crippen LogP contribution in [0.5, 0.6) is 0 Å². The van der Waals surface area contributed by atoms with Crippen LogP contribution in [0.25, 0.3) is 0 Å². The molecule has 6 heteroatoms. The summed E-state index contributed by atoms with van der Waals surface area (Å²) in [7, 11) is -1.09. The zero-order valence-electron chi connectivity index (χ0n) is 13.8. The third kappa shape index (κ3) is 2.65. The first-order valence-corrected chi connectivity index (χ1v) is 7.09. The second kappa shape index (κ2) is 4.51. The normalized spacial score (nSPS) is 29.2. The van der Waals surface area contributed by atoms with E-state index in [9.17, 15) is 0 Å². The highest BCUT2D eigenvalue weighted by atomic mass is 16.7. The number of hydrogen-bond acceptors (Lipinski definition) is 4. The molecule has 0 saturated carbocycles. The standard InChI is InChI=1S/C14H24B2O4/c1-11(2)12(3,4)18-15(17-11)9-10-16-19-13(5,6)14(7,8)20-16/h1-8H3. The third-order valence-electron chi connectivity index (χ3n) is 4.83. The topological polar surface area (TPSA) is 36.9 Å². The molecule has 4 nitrogen and oxygen atoms in total. The monoisotopic (exact) mass is 278 g/mol. The lowest BCUT2D eigenvalue weighted by Crippen LogP contribution is -2.41. The van der Waals surface area contributed by atoms with Gasteiger partial charge in [0.25, 0.3) is 0 Å². The minimum atomic E-state index is -0.543. The summed E-state index contributed by atoms with van der Waals surface area (Å²) in [5, 5.41) is 0. The fraction of sp³-hybridized carbons (Fsp3) is 0.857. The van der Waals surface area contributed by atoms with Crippen molar-refractivity contribution in [1.82, 2.24) is 0 Å². The predicted octanol–water partition coefficient (Wildman–Crippen LogP) is 2.25. The summed E-state index contributed by atoms with van der Waals surface area (Å²) in [6, 6.07) is 0. The fourth-order valence-corrected chi connectivity index (χ4v) is 1.94. The second-order valence-electron chi connectivity index (χ2n) is 7.47. The van der Waals surface area contributed by atoms with E-state index in [0.29, 0.717) is 0 Å². The third-order valence-corrected chi connectivity index (χ3v) is 4.83. The Kier molecular flexibility index (Phi) is 3.59. The molecule has 2 fully saturated rings. The minimum absolute atomic E-state index is 0.373. The van der Waals surface area contributed by atoms with E-state index in [2.05, 4.69) is 11.6 Å². The Hall–Kier alpha value is -0.470. The van der Waals surface area contributed by atoms with Crippen LogP contribution in [0.15, 0.2) is 0 Å². The molecule has 0 atom stereocenters. The van der Waals surface area contributed by atoms with E-state index in [1.165, 1.54) is 0 Å². The Labute approximate surface area is 123 Å². The van der Waals surface area contributed by atoms with Crippen molar-refractivity contribution in [2.24, 2.45) is 0 Å². The Morgan fingerprint density at radius 1 is 0.500 bits per heavy atom. The van der Waals surface area contributed by atoms with Crippen LogP contribution in [0.2, 0.25) is 0 Å². The summed E-state index contributed by atoms with van der Waals surface area (Å²) in [6.07, 6.45) is 0. The first-order chi connectivity index (χ1) is 8.86. The number of hydrogen-bond donors (Lipinski definition) is 0. The van der Waals surface area contributed by atoms with Gasteiger partial charge in [-0.05, 0) is 55.4 Å². The van der Waals surface area contributed by atoms with Crippen molar-refractivity contribution >= 4 is 14.2 Å². The van der Waals surface area contributed by atoms with E-state index < -0.39 is 14.2 Å². The summed E-state index contributed by atoms with van der Waals surface area (Å²) in [5.74, 6) is 5.93. The molecule has 0 aliphatic carbocycles. The number of rotatable bonds is 0. The van der Waals surface area contributed by atoms with Crippen LogP contribution >= 0.6 is 0 Å². The van der Waals surface area contributed by atoms with E-state index >= 15 is 0 Å². The maximum atomic E-state index is 5.82. The quantitative estimate of drug-likeness (QED) is 0.503. The molecule has 0 bridgehead atoms. The van der Waals surface area contributed by atoms with Crippen LogP contribution in [0.4, 0.5) is 0 Å². The van der Waals surface area contributed by atoms with Gasteiger partial charge < -0.3 is 18.6 Å². The highest BCUT2D eigenvalue weighted by Gasteiger charge is 2.52. The molecule has 110 valence electrons. The molecule has 20 heavy (non-hydrogen) atoms. The van der Waals surface area contributed by atoms with Crippen molar-refractivity contribution in [3.05, 3.63) is 0 Å². The van der Waals surface area contributed by atoms with Gasteiger partial charge in [0, 0.05) is 0 Å².